The highest BCUT2D eigenvalue weighted by Gasteiger charge is 2.17. The molecular formula is C14H22O3. The Bertz CT molecular complexity index is 312. The maximum absolute atomic E-state index is 11.2. The molecule has 0 radical (unpaired) electrons. The molecule has 0 unspecified atom stereocenters. The molecule has 0 spiro atoms. The van der Waals surface area contributed by atoms with E-state index >= 15 is 0 Å². The fourth-order valence-corrected chi connectivity index (χ4v) is 0.996. The van der Waals surface area contributed by atoms with Gasteiger partial charge in [-0.15, -0.1) is 0 Å². The summed E-state index contributed by atoms with van der Waals surface area (Å²) in [5.41, 5.74) is 0.441. The first kappa shape index (κ1) is 15.5. The highest BCUT2D eigenvalue weighted by atomic mass is 16.7. The lowest BCUT2D eigenvalue weighted by Gasteiger charge is -2.18. The largest absolute Gasteiger partial charge is 0.509 e. The van der Waals surface area contributed by atoms with Gasteiger partial charge in [-0.1, -0.05) is 44.2 Å². The molecule has 3 nitrogen and oxygen atoms in total. The maximum atomic E-state index is 11.2. The Morgan fingerprint density at radius 2 is 1.65 bits per heavy atom. The molecule has 1 aromatic rings. The van der Waals surface area contributed by atoms with Crippen molar-refractivity contribution >= 4 is 6.16 Å². The normalized spacial score (nSPS) is 9.94. The number of carbonyl (C=O) groups is 1. The van der Waals surface area contributed by atoms with Crippen LogP contribution >= 0.6 is 0 Å². The van der Waals surface area contributed by atoms with Crippen molar-refractivity contribution in [3.8, 4) is 0 Å². The van der Waals surface area contributed by atoms with E-state index in [0.717, 1.165) is 5.56 Å². The van der Waals surface area contributed by atoms with Crippen molar-refractivity contribution in [2.45, 2.75) is 46.8 Å². The Labute approximate surface area is 104 Å². The number of hydrogen-bond donors (Lipinski definition) is 0. The minimum Gasteiger partial charge on any atom is -0.429 e. The van der Waals surface area contributed by atoms with E-state index in [0.29, 0.717) is 0 Å². The zero-order valence-electron chi connectivity index (χ0n) is 11.3. The monoisotopic (exact) mass is 238 g/mol. The lowest BCUT2D eigenvalue weighted by atomic mass is 10.2. The second-order valence-electron chi connectivity index (χ2n) is 4.24. The van der Waals surface area contributed by atoms with Crippen LogP contribution in [0.1, 0.15) is 40.2 Å². The molecule has 3 heteroatoms. The van der Waals surface area contributed by atoms with Crippen LogP contribution in [0.4, 0.5) is 4.79 Å². The molecule has 0 amide bonds. The van der Waals surface area contributed by atoms with Crippen LogP contribution in [-0.2, 0) is 16.1 Å². The molecule has 0 aliphatic carbocycles. The zero-order valence-corrected chi connectivity index (χ0v) is 11.3. The van der Waals surface area contributed by atoms with Gasteiger partial charge in [-0.05, 0) is 26.3 Å². The van der Waals surface area contributed by atoms with E-state index in [4.69, 9.17) is 9.47 Å². The fraction of sp³-hybridized carbons (Fsp3) is 0.500. The molecule has 0 heterocycles. The van der Waals surface area contributed by atoms with Crippen LogP contribution in [0.5, 0.6) is 0 Å². The molecule has 0 N–H and O–H groups in total. The van der Waals surface area contributed by atoms with Gasteiger partial charge in [-0.2, -0.15) is 0 Å². The van der Waals surface area contributed by atoms with Crippen LogP contribution in [0.2, 0.25) is 0 Å². The molecule has 0 saturated carbocycles. The van der Waals surface area contributed by atoms with Crippen molar-refractivity contribution in [1.29, 1.82) is 0 Å². The molecule has 0 fully saturated rings. The maximum Gasteiger partial charge on any atom is 0.509 e. The van der Waals surface area contributed by atoms with Crippen LogP contribution < -0.4 is 0 Å². The minimum atomic E-state index is -0.633. The van der Waals surface area contributed by atoms with Crippen molar-refractivity contribution < 1.29 is 14.3 Å². The third-order valence-electron chi connectivity index (χ3n) is 1.59. The molecule has 17 heavy (non-hydrogen) atoms. The van der Waals surface area contributed by atoms with E-state index < -0.39 is 11.8 Å². The van der Waals surface area contributed by atoms with E-state index in [1.165, 1.54) is 0 Å². The summed E-state index contributed by atoms with van der Waals surface area (Å²) in [6.07, 6.45) is -0.633. The number of hydrogen-bond acceptors (Lipinski definition) is 3. The van der Waals surface area contributed by atoms with Crippen LogP contribution in [0.25, 0.3) is 0 Å². The van der Waals surface area contributed by atoms with Crippen LogP contribution in [0, 0.1) is 0 Å². The van der Waals surface area contributed by atoms with Gasteiger partial charge in [0.05, 0.1) is 0 Å². The van der Waals surface area contributed by atoms with Gasteiger partial charge >= 0.3 is 6.16 Å². The Morgan fingerprint density at radius 3 is 2.12 bits per heavy atom. The van der Waals surface area contributed by atoms with E-state index in [1.54, 1.807) is 20.8 Å². The van der Waals surface area contributed by atoms with E-state index in [1.807, 2.05) is 44.2 Å². The summed E-state index contributed by atoms with van der Waals surface area (Å²) in [5, 5.41) is 0. The van der Waals surface area contributed by atoms with Crippen molar-refractivity contribution in [3.63, 3.8) is 0 Å². The summed E-state index contributed by atoms with van der Waals surface area (Å²) in [6.45, 7) is 9.65. The molecule has 1 rings (SSSR count). The first-order valence-electron chi connectivity index (χ1n) is 5.87. The third-order valence-corrected chi connectivity index (χ3v) is 1.59. The molecule has 1 aromatic carbocycles. The van der Waals surface area contributed by atoms with Gasteiger partial charge in [-0.3, -0.25) is 0 Å². The quantitative estimate of drug-likeness (QED) is 0.725. The summed E-state index contributed by atoms with van der Waals surface area (Å²) in [4.78, 5) is 11.2. The molecule has 0 aliphatic heterocycles. The molecule has 0 atom stereocenters. The number of carbonyl (C=O) groups excluding carboxylic acids is 1. The molecule has 0 saturated heterocycles. The lowest BCUT2D eigenvalue weighted by Crippen LogP contribution is -2.24. The second kappa shape index (κ2) is 7.71. The van der Waals surface area contributed by atoms with Crippen molar-refractivity contribution in [3.05, 3.63) is 35.9 Å². The van der Waals surface area contributed by atoms with Crippen molar-refractivity contribution in [2.75, 3.05) is 0 Å². The van der Waals surface area contributed by atoms with E-state index in [2.05, 4.69) is 0 Å². The predicted octanol–water partition coefficient (Wildman–Crippen LogP) is 4.16. The molecule has 0 aliphatic rings. The lowest BCUT2D eigenvalue weighted by molar-refractivity contribution is -0.0108. The van der Waals surface area contributed by atoms with Gasteiger partial charge in [0.1, 0.15) is 12.2 Å². The predicted molar refractivity (Wildman–Crippen MR) is 68.8 cm³/mol. The van der Waals surface area contributed by atoms with Crippen molar-refractivity contribution in [1.82, 2.24) is 0 Å². The summed E-state index contributed by atoms with van der Waals surface area (Å²) in [5.74, 6) is 0. The van der Waals surface area contributed by atoms with Gasteiger partial charge in [0.25, 0.3) is 0 Å². The van der Waals surface area contributed by atoms with E-state index in [9.17, 15) is 4.79 Å². The standard InChI is InChI=1S/C12H16O3.C2H6/c1-12(2,3)15-11(13)14-9-10-7-5-4-6-8-10;1-2/h4-8H,9H2,1-3H3;1-2H3. The third kappa shape index (κ3) is 8.31. The van der Waals surface area contributed by atoms with Crippen molar-refractivity contribution in [2.24, 2.45) is 0 Å². The Morgan fingerprint density at radius 1 is 1.12 bits per heavy atom. The summed E-state index contributed by atoms with van der Waals surface area (Å²) in [6, 6.07) is 9.49. The first-order valence-corrected chi connectivity index (χ1v) is 5.87. The number of rotatable bonds is 2. The van der Waals surface area contributed by atoms with Gasteiger partial charge in [-0.25, -0.2) is 4.79 Å². The Hall–Kier alpha value is -1.51. The first-order chi connectivity index (χ1) is 7.97. The summed E-state index contributed by atoms with van der Waals surface area (Å²) < 4.78 is 9.94. The molecule has 0 aromatic heterocycles. The van der Waals surface area contributed by atoms with Gasteiger partial charge in [0.2, 0.25) is 0 Å². The van der Waals surface area contributed by atoms with E-state index in [-0.39, 0.29) is 6.61 Å². The Kier molecular flexibility index (Phi) is 7.03. The average molecular weight is 238 g/mol. The summed E-state index contributed by atoms with van der Waals surface area (Å²) in [7, 11) is 0. The van der Waals surface area contributed by atoms with Gasteiger partial charge in [0.15, 0.2) is 0 Å². The smallest absolute Gasteiger partial charge is 0.429 e. The Balaban J connectivity index is 0.00000121. The SMILES string of the molecule is CC.CC(C)(C)OC(=O)OCc1ccccc1. The topological polar surface area (TPSA) is 35.5 Å². The van der Waals surface area contributed by atoms with Gasteiger partial charge in [0, 0.05) is 0 Å². The molecule has 0 bridgehead atoms. The average Bonchev–Trinajstić information content (AvgIpc) is 2.28. The highest BCUT2D eigenvalue weighted by Crippen LogP contribution is 2.09. The number of benzene rings is 1. The second-order valence-corrected chi connectivity index (χ2v) is 4.24. The minimum absolute atomic E-state index is 0.246. The fourth-order valence-electron chi connectivity index (χ4n) is 0.996. The number of ether oxygens (including phenoxy) is 2. The molecular weight excluding hydrogens is 216 g/mol. The zero-order chi connectivity index (χ0) is 13.3. The van der Waals surface area contributed by atoms with Crippen LogP contribution in [-0.4, -0.2) is 11.8 Å². The highest BCUT2D eigenvalue weighted by molar-refractivity contribution is 5.60. The molecule has 96 valence electrons. The summed E-state index contributed by atoms with van der Waals surface area (Å²) >= 11 is 0. The van der Waals surface area contributed by atoms with Crippen LogP contribution in [0.15, 0.2) is 30.3 Å². The van der Waals surface area contributed by atoms with Crippen LogP contribution in [0.3, 0.4) is 0 Å². The van der Waals surface area contributed by atoms with Gasteiger partial charge < -0.3 is 9.47 Å².